The monoisotopic (exact) mass is 265 g/mol. The van der Waals surface area contributed by atoms with Crippen molar-refractivity contribution in [3.8, 4) is 11.5 Å². The van der Waals surface area contributed by atoms with Gasteiger partial charge < -0.3 is 14.8 Å². The van der Waals surface area contributed by atoms with Crippen LogP contribution in [0, 0.1) is 5.41 Å². The molecule has 0 aliphatic rings. The van der Waals surface area contributed by atoms with Crippen LogP contribution in [0.3, 0.4) is 0 Å². The van der Waals surface area contributed by atoms with Crippen molar-refractivity contribution in [1.82, 2.24) is 5.32 Å². The predicted molar refractivity (Wildman–Crippen MR) is 79.9 cm³/mol. The van der Waals surface area contributed by atoms with Gasteiger partial charge in [0.15, 0.2) is 0 Å². The first kappa shape index (κ1) is 15.8. The highest BCUT2D eigenvalue weighted by molar-refractivity contribution is 5.40. The van der Waals surface area contributed by atoms with E-state index in [2.05, 4.69) is 33.0 Å². The molecule has 0 fully saturated rings. The van der Waals surface area contributed by atoms with Crippen LogP contribution >= 0.6 is 0 Å². The van der Waals surface area contributed by atoms with Crippen molar-refractivity contribution < 1.29 is 9.47 Å². The number of nitrogens with one attached hydrogen (secondary N) is 1. The van der Waals surface area contributed by atoms with E-state index in [1.807, 2.05) is 18.2 Å². The number of rotatable bonds is 7. The highest BCUT2D eigenvalue weighted by Crippen LogP contribution is 2.25. The van der Waals surface area contributed by atoms with Gasteiger partial charge in [0.05, 0.1) is 13.7 Å². The lowest BCUT2D eigenvalue weighted by Gasteiger charge is -2.19. The van der Waals surface area contributed by atoms with E-state index in [9.17, 15) is 0 Å². The predicted octanol–water partition coefficient (Wildman–Crippen LogP) is 3.62. The molecule has 0 saturated carbocycles. The summed E-state index contributed by atoms with van der Waals surface area (Å²) in [6, 6.07) is 5.98. The summed E-state index contributed by atoms with van der Waals surface area (Å²) in [5.74, 6) is 1.82. The molecule has 1 N–H and O–H groups in total. The fraction of sp³-hybridized carbons (Fsp3) is 0.625. The summed E-state index contributed by atoms with van der Waals surface area (Å²) in [5, 5.41) is 3.33. The maximum absolute atomic E-state index is 5.91. The number of hydrogen-bond acceptors (Lipinski definition) is 3. The minimum Gasteiger partial charge on any atom is -0.497 e. The largest absolute Gasteiger partial charge is 0.497 e. The summed E-state index contributed by atoms with van der Waals surface area (Å²) in [7, 11) is 1.69. The fourth-order valence-electron chi connectivity index (χ4n) is 1.69. The molecule has 0 atom stereocenters. The zero-order valence-electron chi connectivity index (χ0n) is 12.9. The summed E-state index contributed by atoms with van der Waals surface area (Å²) in [4.78, 5) is 0. The summed E-state index contributed by atoms with van der Waals surface area (Å²) >= 11 is 0. The van der Waals surface area contributed by atoms with E-state index in [1.165, 1.54) is 0 Å². The molecule has 3 heteroatoms. The molecule has 0 spiro atoms. The molecule has 0 heterocycles. The van der Waals surface area contributed by atoms with Gasteiger partial charge in [-0.25, -0.2) is 0 Å². The molecule has 1 rings (SSSR count). The molecule has 0 unspecified atom stereocenters. The lowest BCUT2D eigenvalue weighted by molar-refractivity contribution is 0.241. The van der Waals surface area contributed by atoms with Gasteiger partial charge >= 0.3 is 0 Å². The third-order valence-corrected chi connectivity index (χ3v) is 2.94. The van der Waals surface area contributed by atoms with Gasteiger partial charge in [-0.3, -0.25) is 0 Å². The molecule has 0 aromatic heterocycles. The zero-order valence-corrected chi connectivity index (χ0v) is 12.9. The first-order valence-corrected chi connectivity index (χ1v) is 6.96. The molecular formula is C16H27NO2. The van der Waals surface area contributed by atoms with Crippen LogP contribution in [0.2, 0.25) is 0 Å². The van der Waals surface area contributed by atoms with E-state index in [4.69, 9.17) is 9.47 Å². The van der Waals surface area contributed by atoms with E-state index in [0.29, 0.717) is 5.41 Å². The van der Waals surface area contributed by atoms with Crippen LogP contribution in [0.1, 0.15) is 39.7 Å². The van der Waals surface area contributed by atoms with E-state index >= 15 is 0 Å². The van der Waals surface area contributed by atoms with Crippen molar-refractivity contribution in [3.63, 3.8) is 0 Å². The average Bonchev–Trinajstić information content (AvgIpc) is 2.35. The lowest BCUT2D eigenvalue weighted by atomic mass is 9.93. The van der Waals surface area contributed by atoms with Crippen LogP contribution in [0.15, 0.2) is 18.2 Å². The minimum absolute atomic E-state index is 0.300. The van der Waals surface area contributed by atoms with Crippen molar-refractivity contribution in [2.45, 2.75) is 40.7 Å². The van der Waals surface area contributed by atoms with Gasteiger partial charge in [0.25, 0.3) is 0 Å². The van der Waals surface area contributed by atoms with Crippen LogP contribution in [0.5, 0.6) is 11.5 Å². The van der Waals surface area contributed by atoms with E-state index in [1.54, 1.807) is 7.11 Å². The van der Waals surface area contributed by atoms with Crippen molar-refractivity contribution in [2.75, 3.05) is 20.3 Å². The van der Waals surface area contributed by atoms with E-state index in [-0.39, 0.29) is 0 Å². The van der Waals surface area contributed by atoms with Crippen LogP contribution in [0.4, 0.5) is 0 Å². The van der Waals surface area contributed by atoms with Crippen LogP contribution in [0.25, 0.3) is 0 Å². The first-order chi connectivity index (χ1) is 8.96. The second-order valence-electron chi connectivity index (χ2n) is 5.91. The number of ether oxygens (including phenoxy) is 2. The Morgan fingerprint density at radius 2 is 1.95 bits per heavy atom. The Balaban J connectivity index is 2.69. The summed E-state index contributed by atoms with van der Waals surface area (Å²) in [6.45, 7) is 11.3. The lowest BCUT2D eigenvalue weighted by Crippen LogP contribution is -2.15. The van der Waals surface area contributed by atoms with Gasteiger partial charge in [-0.2, -0.15) is 0 Å². The van der Waals surface area contributed by atoms with Crippen LogP contribution < -0.4 is 14.8 Å². The molecule has 3 nitrogen and oxygen atoms in total. The number of methoxy groups -OCH3 is 1. The topological polar surface area (TPSA) is 30.5 Å². The molecule has 0 bridgehead atoms. The smallest absolute Gasteiger partial charge is 0.124 e. The Kier molecular flexibility index (Phi) is 6.16. The van der Waals surface area contributed by atoms with Crippen LogP contribution in [-0.2, 0) is 6.54 Å². The molecular weight excluding hydrogens is 238 g/mol. The molecule has 0 aliphatic heterocycles. The average molecular weight is 265 g/mol. The Hall–Kier alpha value is -1.22. The van der Waals surface area contributed by atoms with Gasteiger partial charge in [-0.1, -0.05) is 27.7 Å². The second-order valence-corrected chi connectivity index (χ2v) is 5.91. The van der Waals surface area contributed by atoms with E-state index in [0.717, 1.165) is 43.2 Å². The fourth-order valence-corrected chi connectivity index (χ4v) is 1.69. The third kappa shape index (κ3) is 5.97. The summed E-state index contributed by atoms with van der Waals surface area (Å²) in [5.41, 5.74) is 1.45. The molecule has 0 radical (unpaired) electrons. The van der Waals surface area contributed by atoms with Crippen molar-refractivity contribution in [2.24, 2.45) is 5.41 Å². The molecule has 0 saturated heterocycles. The Morgan fingerprint density at radius 1 is 1.21 bits per heavy atom. The standard InChI is InChI=1S/C16H27NO2/c1-6-17-12-13-11-14(18-5)7-8-15(13)19-10-9-16(2,3)4/h7-8,11,17H,6,9-10,12H2,1-5H3. The van der Waals surface area contributed by atoms with E-state index < -0.39 is 0 Å². The quantitative estimate of drug-likeness (QED) is 0.817. The maximum Gasteiger partial charge on any atom is 0.124 e. The molecule has 1 aromatic rings. The van der Waals surface area contributed by atoms with Gasteiger partial charge in [0.1, 0.15) is 11.5 Å². The Morgan fingerprint density at radius 3 is 2.53 bits per heavy atom. The Labute approximate surface area is 117 Å². The second kappa shape index (κ2) is 7.39. The zero-order chi connectivity index (χ0) is 14.3. The van der Waals surface area contributed by atoms with Crippen molar-refractivity contribution in [3.05, 3.63) is 23.8 Å². The van der Waals surface area contributed by atoms with Crippen molar-refractivity contribution >= 4 is 0 Å². The molecule has 1 aromatic carbocycles. The van der Waals surface area contributed by atoms with Crippen LogP contribution in [-0.4, -0.2) is 20.3 Å². The Bertz CT molecular complexity index is 383. The summed E-state index contributed by atoms with van der Waals surface area (Å²) in [6.07, 6.45) is 1.04. The first-order valence-electron chi connectivity index (χ1n) is 6.96. The molecule has 0 amide bonds. The number of hydrogen-bond donors (Lipinski definition) is 1. The molecule has 0 aliphatic carbocycles. The molecule has 19 heavy (non-hydrogen) atoms. The number of benzene rings is 1. The van der Waals surface area contributed by atoms with Gasteiger partial charge in [0, 0.05) is 12.1 Å². The summed E-state index contributed by atoms with van der Waals surface area (Å²) < 4.78 is 11.2. The van der Waals surface area contributed by atoms with Crippen molar-refractivity contribution in [1.29, 1.82) is 0 Å². The van der Waals surface area contributed by atoms with Gasteiger partial charge in [-0.15, -0.1) is 0 Å². The molecule has 108 valence electrons. The minimum atomic E-state index is 0.300. The van der Waals surface area contributed by atoms with Gasteiger partial charge in [-0.05, 0) is 36.6 Å². The highest BCUT2D eigenvalue weighted by atomic mass is 16.5. The SMILES string of the molecule is CCNCc1cc(OC)ccc1OCCC(C)(C)C. The van der Waals surface area contributed by atoms with Gasteiger partial charge in [0.2, 0.25) is 0 Å². The normalized spacial score (nSPS) is 11.4. The highest BCUT2D eigenvalue weighted by Gasteiger charge is 2.11. The maximum atomic E-state index is 5.91. The third-order valence-electron chi connectivity index (χ3n) is 2.94.